The van der Waals surface area contributed by atoms with Gasteiger partial charge in [0.15, 0.2) is 5.69 Å². The van der Waals surface area contributed by atoms with E-state index in [1.165, 1.54) is 11.0 Å². The zero-order valence-electron chi connectivity index (χ0n) is 15.5. The Kier molecular flexibility index (Phi) is 4.28. The van der Waals surface area contributed by atoms with Crippen LogP contribution in [-0.2, 0) is 6.54 Å². The summed E-state index contributed by atoms with van der Waals surface area (Å²) in [4.78, 5) is 23.0. The van der Waals surface area contributed by atoms with Crippen LogP contribution in [0.3, 0.4) is 0 Å². The molecular formula is C22H17FN4O. The fourth-order valence-electron chi connectivity index (χ4n) is 3.27. The van der Waals surface area contributed by atoms with Gasteiger partial charge in [-0.05, 0) is 30.3 Å². The average Bonchev–Trinajstić information content (AvgIpc) is 3.05. The van der Waals surface area contributed by atoms with E-state index in [9.17, 15) is 9.18 Å². The van der Waals surface area contributed by atoms with E-state index in [2.05, 4.69) is 15.9 Å². The first-order chi connectivity index (χ1) is 13.5. The molecule has 2 aromatic carbocycles. The van der Waals surface area contributed by atoms with E-state index in [0.717, 1.165) is 5.69 Å². The van der Waals surface area contributed by atoms with Crippen molar-refractivity contribution < 1.29 is 9.18 Å². The number of amides is 1. The zero-order chi connectivity index (χ0) is 19.8. The summed E-state index contributed by atoms with van der Waals surface area (Å²) in [5, 5.41) is 0. The topological polar surface area (TPSA) is 50.5 Å². The van der Waals surface area contributed by atoms with Gasteiger partial charge in [-0.15, -0.1) is 6.42 Å². The van der Waals surface area contributed by atoms with Crippen molar-refractivity contribution in [2.75, 3.05) is 14.1 Å². The first kappa shape index (κ1) is 17.7. The monoisotopic (exact) mass is 372 g/mol. The van der Waals surface area contributed by atoms with Crippen LogP contribution < -0.4 is 0 Å². The van der Waals surface area contributed by atoms with Crippen LogP contribution in [-0.4, -0.2) is 40.2 Å². The van der Waals surface area contributed by atoms with Gasteiger partial charge in [-0.25, -0.2) is 9.37 Å². The van der Waals surface area contributed by atoms with E-state index in [0.29, 0.717) is 33.8 Å². The van der Waals surface area contributed by atoms with Crippen molar-refractivity contribution in [3.63, 3.8) is 0 Å². The lowest BCUT2D eigenvalue weighted by atomic mass is 9.98. The average molecular weight is 372 g/mol. The number of rotatable bonds is 2. The van der Waals surface area contributed by atoms with Gasteiger partial charge in [-0.1, -0.05) is 18.1 Å². The summed E-state index contributed by atoms with van der Waals surface area (Å²) in [6.45, 7) is 0.193. The van der Waals surface area contributed by atoms with Crippen LogP contribution >= 0.6 is 0 Å². The first-order valence-corrected chi connectivity index (χ1v) is 8.70. The number of nitrogens with zero attached hydrogens (tertiary/aromatic N) is 4. The molecule has 6 heteroatoms. The SMILES string of the molecule is C#Cc1ccc2c(c1)C(c1ccccc1F)=NCc1c(C(=O)N(C)C)ncn1-2. The van der Waals surface area contributed by atoms with E-state index in [-0.39, 0.29) is 18.3 Å². The molecule has 0 fully saturated rings. The smallest absolute Gasteiger partial charge is 0.273 e. The number of terminal acetylenes is 1. The minimum absolute atomic E-state index is 0.193. The predicted octanol–water partition coefficient (Wildman–Crippen LogP) is 3.05. The molecule has 2 heterocycles. The quantitative estimate of drug-likeness (QED) is 0.649. The number of carbonyl (C=O) groups excluding carboxylic acids is 1. The van der Waals surface area contributed by atoms with Crippen LogP contribution in [0.25, 0.3) is 5.69 Å². The summed E-state index contributed by atoms with van der Waals surface area (Å²) < 4.78 is 16.4. The second-order valence-electron chi connectivity index (χ2n) is 6.63. The molecule has 1 amide bonds. The normalized spacial score (nSPS) is 12.3. The zero-order valence-corrected chi connectivity index (χ0v) is 15.5. The molecule has 0 aliphatic carbocycles. The Balaban J connectivity index is 1.99. The number of hydrogen-bond donors (Lipinski definition) is 0. The van der Waals surface area contributed by atoms with Gasteiger partial charge in [0, 0.05) is 30.8 Å². The fourth-order valence-corrected chi connectivity index (χ4v) is 3.27. The summed E-state index contributed by atoms with van der Waals surface area (Å²) in [6, 6.07) is 11.9. The van der Waals surface area contributed by atoms with Gasteiger partial charge in [-0.2, -0.15) is 0 Å². The molecule has 0 saturated carbocycles. The minimum atomic E-state index is -0.368. The van der Waals surface area contributed by atoms with Crippen molar-refractivity contribution >= 4 is 11.6 Å². The number of aliphatic imine (C=N–C) groups is 1. The van der Waals surface area contributed by atoms with Gasteiger partial charge in [0.05, 0.1) is 23.6 Å². The molecule has 0 atom stereocenters. The van der Waals surface area contributed by atoms with Crippen molar-refractivity contribution in [1.29, 1.82) is 0 Å². The third-order valence-electron chi connectivity index (χ3n) is 4.67. The Morgan fingerprint density at radius 2 is 2.00 bits per heavy atom. The maximum atomic E-state index is 14.6. The minimum Gasteiger partial charge on any atom is -0.343 e. The van der Waals surface area contributed by atoms with E-state index < -0.39 is 0 Å². The van der Waals surface area contributed by atoms with Crippen molar-refractivity contribution in [2.45, 2.75) is 6.54 Å². The molecular weight excluding hydrogens is 355 g/mol. The van der Waals surface area contributed by atoms with Gasteiger partial charge < -0.3 is 4.90 Å². The molecule has 0 radical (unpaired) electrons. The highest BCUT2D eigenvalue weighted by Gasteiger charge is 2.26. The number of benzene rings is 2. The fraction of sp³-hybridized carbons (Fsp3) is 0.136. The number of carbonyl (C=O) groups is 1. The van der Waals surface area contributed by atoms with Gasteiger partial charge in [0.1, 0.15) is 12.1 Å². The van der Waals surface area contributed by atoms with Crippen molar-refractivity contribution in [3.05, 3.63) is 82.7 Å². The van der Waals surface area contributed by atoms with Crippen molar-refractivity contribution in [1.82, 2.24) is 14.5 Å². The lowest BCUT2D eigenvalue weighted by Crippen LogP contribution is -2.23. The van der Waals surface area contributed by atoms with E-state index in [1.807, 2.05) is 16.7 Å². The summed E-state index contributed by atoms with van der Waals surface area (Å²) in [5.41, 5.74) is 3.97. The third kappa shape index (κ3) is 2.78. The summed E-state index contributed by atoms with van der Waals surface area (Å²) >= 11 is 0. The Morgan fingerprint density at radius 1 is 1.21 bits per heavy atom. The van der Waals surface area contributed by atoms with E-state index in [1.54, 1.807) is 44.7 Å². The number of hydrogen-bond acceptors (Lipinski definition) is 3. The Morgan fingerprint density at radius 3 is 2.71 bits per heavy atom. The molecule has 1 aromatic heterocycles. The lowest BCUT2D eigenvalue weighted by Gasteiger charge is -2.13. The molecule has 0 N–H and O–H groups in total. The van der Waals surface area contributed by atoms with E-state index >= 15 is 0 Å². The molecule has 1 aliphatic rings. The number of halogens is 1. The predicted molar refractivity (Wildman–Crippen MR) is 105 cm³/mol. The Bertz CT molecular complexity index is 1170. The van der Waals surface area contributed by atoms with Gasteiger partial charge >= 0.3 is 0 Å². The molecule has 3 aromatic rings. The van der Waals surface area contributed by atoms with Gasteiger partial charge in [0.25, 0.3) is 5.91 Å². The highest BCUT2D eigenvalue weighted by atomic mass is 19.1. The van der Waals surface area contributed by atoms with Crippen molar-refractivity contribution in [2.24, 2.45) is 4.99 Å². The van der Waals surface area contributed by atoms with Crippen molar-refractivity contribution in [3.8, 4) is 18.0 Å². The number of imidazole rings is 1. The van der Waals surface area contributed by atoms with Crippen LogP contribution in [0, 0.1) is 18.2 Å². The molecule has 0 saturated heterocycles. The van der Waals surface area contributed by atoms with E-state index in [4.69, 9.17) is 6.42 Å². The molecule has 0 bridgehead atoms. The van der Waals surface area contributed by atoms with Gasteiger partial charge in [-0.3, -0.25) is 14.4 Å². The summed E-state index contributed by atoms with van der Waals surface area (Å²) in [6.07, 6.45) is 7.17. The molecule has 4 rings (SSSR count). The lowest BCUT2D eigenvalue weighted by molar-refractivity contribution is 0.0821. The highest BCUT2D eigenvalue weighted by molar-refractivity contribution is 6.15. The van der Waals surface area contributed by atoms with Crippen LogP contribution in [0.5, 0.6) is 0 Å². The highest BCUT2D eigenvalue weighted by Crippen LogP contribution is 2.28. The molecule has 28 heavy (non-hydrogen) atoms. The molecule has 138 valence electrons. The van der Waals surface area contributed by atoms with Crippen LogP contribution in [0.15, 0.2) is 53.8 Å². The Labute approximate surface area is 162 Å². The van der Waals surface area contributed by atoms with Crippen LogP contribution in [0.1, 0.15) is 32.9 Å². The second kappa shape index (κ2) is 6.78. The molecule has 5 nitrogen and oxygen atoms in total. The summed E-state index contributed by atoms with van der Waals surface area (Å²) in [7, 11) is 3.35. The largest absolute Gasteiger partial charge is 0.343 e. The van der Waals surface area contributed by atoms with Crippen LogP contribution in [0.2, 0.25) is 0 Å². The molecule has 0 spiro atoms. The first-order valence-electron chi connectivity index (χ1n) is 8.70. The summed E-state index contributed by atoms with van der Waals surface area (Å²) in [5.74, 6) is 2.04. The maximum Gasteiger partial charge on any atom is 0.273 e. The maximum absolute atomic E-state index is 14.6. The number of fused-ring (bicyclic) bond motifs is 3. The number of aromatic nitrogens is 2. The second-order valence-corrected chi connectivity index (χ2v) is 6.63. The molecule has 1 aliphatic heterocycles. The van der Waals surface area contributed by atoms with Crippen LogP contribution in [0.4, 0.5) is 4.39 Å². The van der Waals surface area contributed by atoms with Gasteiger partial charge in [0.2, 0.25) is 0 Å². The Hall–Kier alpha value is -3.72. The standard InChI is InChI=1S/C22H17FN4O/c1-4-14-9-10-18-16(11-14)20(15-7-5-6-8-17(15)23)24-12-19-21(22(28)26(2)3)25-13-27(18)19/h1,5-11,13H,12H2,2-3H3. The third-order valence-corrected chi connectivity index (χ3v) is 4.67. The molecule has 0 unspecified atom stereocenters.